The van der Waals surface area contributed by atoms with Crippen LogP contribution in [0.3, 0.4) is 0 Å². The molecule has 1 unspecified atom stereocenters. The molecule has 3 heteroatoms. The lowest BCUT2D eigenvalue weighted by atomic mass is 10.2. The van der Waals surface area contributed by atoms with Crippen LogP contribution in [0.25, 0.3) is 0 Å². The Morgan fingerprint density at radius 2 is 1.76 bits per heavy atom. The normalized spacial score (nSPS) is 19.4. The largest absolute Gasteiger partial charge is 0.369 e. The van der Waals surface area contributed by atoms with Crippen LogP contribution in [0, 0.1) is 0 Å². The zero-order chi connectivity index (χ0) is 12.3. The van der Waals surface area contributed by atoms with Crippen molar-refractivity contribution in [1.29, 1.82) is 0 Å². The summed E-state index contributed by atoms with van der Waals surface area (Å²) in [5.74, 6) is 0. The Bertz CT molecular complexity index is 339. The Morgan fingerprint density at radius 1 is 1.18 bits per heavy atom. The van der Waals surface area contributed by atoms with Gasteiger partial charge in [-0.05, 0) is 14.0 Å². The van der Waals surface area contributed by atoms with Gasteiger partial charge in [-0.15, -0.1) is 0 Å². The molecule has 1 atom stereocenters. The summed E-state index contributed by atoms with van der Waals surface area (Å²) < 4.78 is 2.29. The Balaban J connectivity index is 2.02. The Morgan fingerprint density at radius 3 is 2.29 bits per heavy atom. The molecule has 2 heterocycles. The number of hydrogen-bond donors (Lipinski definition) is 0. The molecular formula is C14H24N3+. The van der Waals surface area contributed by atoms with Crippen LogP contribution in [0.5, 0.6) is 0 Å². The summed E-state index contributed by atoms with van der Waals surface area (Å²) in [5.41, 5.74) is 1.36. The molecule has 1 saturated heterocycles. The number of hydrogen-bond acceptors (Lipinski definition) is 2. The Labute approximate surface area is 105 Å². The van der Waals surface area contributed by atoms with E-state index in [0.29, 0.717) is 6.04 Å². The van der Waals surface area contributed by atoms with Gasteiger partial charge in [-0.2, -0.15) is 0 Å². The molecular weight excluding hydrogens is 210 g/mol. The van der Waals surface area contributed by atoms with Crippen molar-refractivity contribution in [2.75, 3.05) is 38.1 Å². The summed E-state index contributed by atoms with van der Waals surface area (Å²) in [6, 6.07) is 5.09. The van der Waals surface area contributed by atoms with Crippen molar-refractivity contribution < 1.29 is 4.57 Å². The van der Waals surface area contributed by atoms with Gasteiger partial charge in [-0.1, -0.05) is 6.92 Å². The van der Waals surface area contributed by atoms with Crippen LogP contribution in [0.1, 0.15) is 26.3 Å². The van der Waals surface area contributed by atoms with Crippen molar-refractivity contribution in [1.82, 2.24) is 4.90 Å². The quantitative estimate of drug-likeness (QED) is 0.737. The highest BCUT2D eigenvalue weighted by atomic mass is 15.2. The van der Waals surface area contributed by atoms with Crippen molar-refractivity contribution in [2.24, 2.45) is 0 Å². The molecule has 0 N–H and O–H groups in total. The number of aromatic nitrogens is 1. The maximum absolute atomic E-state index is 2.47. The van der Waals surface area contributed by atoms with E-state index in [1.54, 1.807) is 0 Å². The average Bonchev–Trinajstić information content (AvgIpc) is 2.39. The molecule has 0 saturated carbocycles. The first-order chi connectivity index (χ1) is 8.20. The molecule has 1 aliphatic rings. The van der Waals surface area contributed by atoms with Crippen molar-refractivity contribution >= 4 is 5.69 Å². The van der Waals surface area contributed by atoms with Crippen LogP contribution in [0.15, 0.2) is 24.5 Å². The molecule has 0 amide bonds. The first-order valence-corrected chi connectivity index (χ1v) is 6.65. The van der Waals surface area contributed by atoms with Crippen LogP contribution in [0.2, 0.25) is 0 Å². The Hall–Kier alpha value is -1.09. The topological polar surface area (TPSA) is 10.4 Å². The number of rotatable bonds is 3. The van der Waals surface area contributed by atoms with E-state index in [1.807, 2.05) is 0 Å². The lowest BCUT2D eigenvalue weighted by Gasteiger charge is -2.33. The number of likely N-dealkylation sites (N-methyl/N-ethyl adjacent to an activating group) is 1. The lowest BCUT2D eigenvalue weighted by molar-refractivity contribution is -0.719. The molecule has 1 aromatic heterocycles. The van der Waals surface area contributed by atoms with Gasteiger partial charge >= 0.3 is 0 Å². The molecule has 3 nitrogen and oxygen atoms in total. The maximum Gasteiger partial charge on any atom is 0.171 e. The number of anilines is 1. The highest BCUT2D eigenvalue weighted by Crippen LogP contribution is 2.14. The highest BCUT2D eigenvalue weighted by Gasteiger charge is 2.16. The van der Waals surface area contributed by atoms with Crippen LogP contribution in [-0.2, 0) is 0 Å². The molecule has 0 radical (unpaired) electrons. The second kappa shape index (κ2) is 5.50. The van der Waals surface area contributed by atoms with Gasteiger partial charge in [0.2, 0.25) is 0 Å². The van der Waals surface area contributed by atoms with Gasteiger partial charge in [0.25, 0.3) is 0 Å². The van der Waals surface area contributed by atoms with Gasteiger partial charge in [0.1, 0.15) is 0 Å². The van der Waals surface area contributed by atoms with E-state index in [0.717, 1.165) is 13.1 Å². The van der Waals surface area contributed by atoms with Crippen molar-refractivity contribution in [3.05, 3.63) is 24.5 Å². The summed E-state index contributed by atoms with van der Waals surface area (Å²) in [6.45, 7) is 9.11. The van der Waals surface area contributed by atoms with Crippen molar-refractivity contribution in [3.8, 4) is 0 Å². The average molecular weight is 234 g/mol. The molecule has 0 aliphatic carbocycles. The lowest BCUT2D eigenvalue weighted by Crippen LogP contribution is -2.45. The van der Waals surface area contributed by atoms with E-state index in [4.69, 9.17) is 0 Å². The minimum Gasteiger partial charge on any atom is -0.369 e. The fourth-order valence-corrected chi connectivity index (χ4v) is 2.21. The summed E-state index contributed by atoms with van der Waals surface area (Å²) in [7, 11) is 2.19. The van der Waals surface area contributed by atoms with Gasteiger partial charge in [-0.25, -0.2) is 4.57 Å². The van der Waals surface area contributed by atoms with E-state index in [-0.39, 0.29) is 0 Å². The van der Waals surface area contributed by atoms with Crippen molar-refractivity contribution in [2.45, 2.75) is 26.3 Å². The highest BCUT2D eigenvalue weighted by molar-refractivity contribution is 5.44. The van der Waals surface area contributed by atoms with Gasteiger partial charge in [0.15, 0.2) is 18.4 Å². The first kappa shape index (κ1) is 12.4. The summed E-state index contributed by atoms with van der Waals surface area (Å²) in [4.78, 5) is 4.86. The fraction of sp³-hybridized carbons (Fsp3) is 0.643. The molecule has 0 spiro atoms. The predicted octanol–water partition coefficient (Wildman–Crippen LogP) is 1.70. The summed E-state index contributed by atoms with van der Waals surface area (Å²) in [5, 5.41) is 0. The molecule has 1 aromatic rings. The van der Waals surface area contributed by atoms with E-state index < -0.39 is 0 Å². The van der Waals surface area contributed by atoms with Gasteiger partial charge < -0.3 is 9.80 Å². The minimum atomic E-state index is 0.594. The van der Waals surface area contributed by atoms with Gasteiger partial charge in [-0.3, -0.25) is 0 Å². The molecule has 1 fully saturated rings. The number of piperazine rings is 1. The minimum absolute atomic E-state index is 0.594. The molecule has 0 aromatic carbocycles. The third-order valence-electron chi connectivity index (χ3n) is 3.80. The smallest absolute Gasteiger partial charge is 0.171 e. The molecule has 0 bridgehead atoms. The van der Waals surface area contributed by atoms with E-state index in [9.17, 15) is 0 Å². The van der Waals surface area contributed by atoms with E-state index >= 15 is 0 Å². The monoisotopic (exact) mass is 234 g/mol. The Kier molecular flexibility index (Phi) is 4.00. The standard InChI is InChI=1S/C14H24N3/c1-4-13(2)16-7-5-14(6-8-16)17-11-9-15(3)10-12-17/h5-8,13H,4,9-12H2,1-3H3/q+1. The van der Waals surface area contributed by atoms with Crippen LogP contribution < -0.4 is 9.47 Å². The van der Waals surface area contributed by atoms with E-state index in [1.165, 1.54) is 25.2 Å². The summed E-state index contributed by atoms with van der Waals surface area (Å²) >= 11 is 0. The third kappa shape index (κ3) is 2.97. The van der Waals surface area contributed by atoms with Gasteiger partial charge in [0.05, 0.1) is 0 Å². The number of pyridine rings is 1. The molecule has 17 heavy (non-hydrogen) atoms. The second-order valence-electron chi connectivity index (χ2n) is 5.05. The predicted molar refractivity (Wildman–Crippen MR) is 71.3 cm³/mol. The SMILES string of the molecule is CCC(C)[n+]1ccc(N2CCN(C)CC2)cc1. The van der Waals surface area contributed by atoms with Crippen LogP contribution in [0.4, 0.5) is 5.69 Å². The van der Waals surface area contributed by atoms with Crippen molar-refractivity contribution in [3.63, 3.8) is 0 Å². The maximum atomic E-state index is 2.47. The zero-order valence-electron chi connectivity index (χ0n) is 11.3. The molecule has 1 aliphatic heterocycles. The zero-order valence-corrected chi connectivity index (χ0v) is 11.3. The second-order valence-corrected chi connectivity index (χ2v) is 5.05. The van der Waals surface area contributed by atoms with Crippen LogP contribution >= 0.6 is 0 Å². The summed E-state index contributed by atoms with van der Waals surface area (Å²) in [6.07, 6.45) is 5.60. The third-order valence-corrected chi connectivity index (χ3v) is 3.80. The van der Waals surface area contributed by atoms with Gasteiger partial charge in [0, 0.05) is 50.4 Å². The van der Waals surface area contributed by atoms with E-state index in [2.05, 4.69) is 59.8 Å². The fourth-order valence-electron chi connectivity index (χ4n) is 2.21. The number of nitrogens with zero attached hydrogens (tertiary/aromatic N) is 3. The first-order valence-electron chi connectivity index (χ1n) is 6.65. The molecule has 94 valence electrons. The molecule has 2 rings (SSSR count). The van der Waals surface area contributed by atoms with Crippen LogP contribution in [-0.4, -0.2) is 38.1 Å².